The fourth-order valence-corrected chi connectivity index (χ4v) is 3.45. The number of nitriles is 1. The average molecular weight is 528 g/mol. The van der Waals surface area contributed by atoms with Crippen molar-refractivity contribution in [1.29, 1.82) is 5.26 Å². The van der Waals surface area contributed by atoms with Crippen LogP contribution in [0.2, 0.25) is 0 Å². The number of nitrogens with zero attached hydrogens (tertiary/aromatic N) is 2. The van der Waals surface area contributed by atoms with Crippen molar-refractivity contribution in [1.82, 2.24) is 0 Å². The topological polar surface area (TPSA) is 71.5 Å². The highest BCUT2D eigenvalue weighted by Gasteiger charge is 2.39. The first kappa shape index (κ1) is 44.6. The van der Waals surface area contributed by atoms with Crippen LogP contribution in [-0.2, 0) is 0 Å². The molecule has 28 radical (unpaired) electrons. The zero-order valence-electron chi connectivity index (χ0n) is 24.9. The molecule has 0 fully saturated rings. The molecule has 2 rings (SSSR count). The molecule has 29 heteroatoms. The van der Waals surface area contributed by atoms with Gasteiger partial charge in [-0.05, 0) is 44.2 Å². The van der Waals surface area contributed by atoms with Crippen molar-refractivity contribution in [3.05, 3.63) is 64.4 Å². The smallest absolute Gasteiger partial charge is 0.265 e. The van der Waals surface area contributed by atoms with Gasteiger partial charge in [0.25, 0.3) is 5.70 Å². The average Bonchev–Trinajstić information content (AvgIpc) is 3.58. The highest BCUT2D eigenvalue weighted by Crippen LogP contribution is 2.11. The SMILES string of the molecule is Cc1ccc(C=O)o1.[B][B]B(B([B])[B])B(B([B])[B])B(B([B])[B])B([B])[B].[B][B]B([B])B([B])[B].[C-]#[N+]/C(C#N)=C\c1ccc(C)o1. The highest BCUT2D eigenvalue weighted by molar-refractivity contribution is 8.15. The normalized spacial score (nSPS) is 9.14. The van der Waals surface area contributed by atoms with Crippen LogP contribution in [0.15, 0.2) is 38.8 Å². The number of aldehydes is 1. The van der Waals surface area contributed by atoms with Crippen LogP contribution < -0.4 is 0 Å². The third kappa shape index (κ3) is 18.5. The van der Waals surface area contributed by atoms with Crippen molar-refractivity contribution in [2.75, 3.05) is 0 Å². The van der Waals surface area contributed by atoms with Gasteiger partial charge >= 0.3 is 0 Å². The number of allylic oxidation sites excluding steroid dienone is 1. The lowest BCUT2D eigenvalue weighted by atomic mass is 8.43. The van der Waals surface area contributed by atoms with Gasteiger partial charge in [0, 0.05) is 172 Å². The maximum Gasteiger partial charge on any atom is 0.265 e. The second-order valence-corrected chi connectivity index (χ2v) is 9.35. The number of aryl methyl sites for hydroxylation is 2. The molecule has 2 aromatic heterocycles. The molecule has 0 saturated heterocycles. The predicted molar refractivity (Wildman–Crippen MR) is 211 cm³/mol. The molecule has 0 spiro atoms. The van der Waals surface area contributed by atoms with Crippen LogP contribution in [0, 0.1) is 31.8 Å². The molecule has 172 valence electrons. The van der Waals surface area contributed by atoms with E-state index in [1.54, 1.807) is 44.2 Å². The van der Waals surface area contributed by atoms with Crippen LogP contribution in [0.5, 0.6) is 0 Å². The quantitative estimate of drug-likeness (QED) is 0.127. The molecule has 0 bridgehead atoms. The minimum absolute atomic E-state index is 0.0318. The summed E-state index contributed by atoms with van der Waals surface area (Å²) in [7, 11) is 73.6. The molecule has 0 aliphatic rings. The second kappa shape index (κ2) is 24.7. The summed E-state index contributed by atoms with van der Waals surface area (Å²) < 4.78 is 10.0. The first-order chi connectivity index (χ1) is 20.5. The number of hydrogen-bond acceptors (Lipinski definition) is 4. The van der Waals surface area contributed by atoms with E-state index >= 15 is 0 Å². The molecule has 0 saturated carbocycles. The molecule has 44 heavy (non-hydrogen) atoms. The van der Waals surface area contributed by atoms with Gasteiger partial charge in [-0.25, -0.2) is 10.1 Å². The monoisotopic (exact) mass is 532 g/mol. The van der Waals surface area contributed by atoms with Crippen molar-refractivity contribution in [3.8, 4) is 6.07 Å². The number of rotatable bonds is 11. The van der Waals surface area contributed by atoms with Gasteiger partial charge in [0.05, 0.1) is 12.6 Å². The third-order valence-electron chi connectivity index (χ3n) is 5.71. The summed E-state index contributed by atoms with van der Waals surface area (Å²) in [5.41, 5.74) is 0.0318. The van der Waals surface area contributed by atoms with Crippen LogP contribution in [0.1, 0.15) is 27.8 Å². The lowest BCUT2D eigenvalue weighted by Gasteiger charge is -2.38. The molecule has 2 heterocycles. The van der Waals surface area contributed by atoms with Gasteiger partial charge in [-0.1, -0.05) is 0 Å². The Kier molecular flexibility index (Phi) is 25.1. The standard InChI is InChI=1S/C9H6N2O.C6H6O2.B17.B7/c1-7-3-4-9(12-7)5-8(6-10)11-2;1-5-2-3-6(4-7)8-5;1-10-15(11(2)3)17(14(8)9)16(12(4)5)13(6)7;1-5-7(4)6(2)3/h3-5H,1H3;2-4H,1H3;;/b8-5-;;;. The fraction of sp³-hybridized carbons (Fsp3) is 0.133. The van der Waals surface area contributed by atoms with E-state index in [4.69, 9.17) is 121 Å². The summed E-state index contributed by atoms with van der Waals surface area (Å²) in [6.07, 6.45) is -3.48. The molecule has 5 nitrogen and oxygen atoms in total. The minimum atomic E-state index is -0.796. The summed E-state index contributed by atoms with van der Waals surface area (Å²) >= 11 is 0. The lowest BCUT2D eigenvalue weighted by molar-refractivity contribution is 0.109. The summed E-state index contributed by atoms with van der Waals surface area (Å²) in [6.45, 7) is 10.2. The molecule has 0 N–H and O–H groups in total. The van der Waals surface area contributed by atoms with Gasteiger partial charge in [0.1, 0.15) is 17.3 Å². The summed E-state index contributed by atoms with van der Waals surface area (Å²) in [5.74, 6) is 2.47. The lowest BCUT2D eigenvalue weighted by Crippen LogP contribution is -2.76. The van der Waals surface area contributed by atoms with E-state index in [1.165, 1.54) is 20.2 Å². The second-order valence-electron chi connectivity index (χ2n) is 9.35. The van der Waals surface area contributed by atoms with E-state index in [9.17, 15) is 4.79 Å². The molecular formula is C15H12B24N2O3. The molecule has 0 amide bonds. The van der Waals surface area contributed by atoms with E-state index in [2.05, 4.69) is 4.85 Å². The number of hydrogen-bond donors (Lipinski definition) is 0. The van der Waals surface area contributed by atoms with E-state index in [-0.39, 0.29) is 12.1 Å². The van der Waals surface area contributed by atoms with Gasteiger partial charge in [-0.15, -0.1) is 0 Å². The molecule has 0 unspecified atom stereocenters. The largest absolute Gasteiger partial charge is 0.463 e. The van der Waals surface area contributed by atoms with Gasteiger partial charge in [-0.3, -0.25) is 4.79 Å². The van der Waals surface area contributed by atoms with Crippen LogP contribution in [-0.4, -0.2) is 178 Å². The molecule has 2 aromatic rings. The molecule has 0 atom stereocenters. The summed E-state index contributed by atoms with van der Waals surface area (Å²) in [4.78, 5) is 12.9. The van der Waals surface area contributed by atoms with Crippen molar-refractivity contribution in [2.24, 2.45) is 0 Å². The third-order valence-corrected chi connectivity index (χ3v) is 5.71. The van der Waals surface area contributed by atoms with Gasteiger partial charge in [0.2, 0.25) is 0 Å². The first-order valence-electron chi connectivity index (χ1n) is 13.0. The molecular weight excluding hydrogens is 516 g/mol. The number of carbonyl (C=O) groups is 1. The molecule has 0 aliphatic heterocycles. The number of furan rings is 2. The Morgan fingerprint density at radius 2 is 1.23 bits per heavy atom. The Balaban J connectivity index is 0. The first-order valence-corrected chi connectivity index (χ1v) is 13.0. The zero-order valence-corrected chi connectivity index (χ0v) is 24.9. The zero-order chi connectivity index (χ0) is 34.6. The van der Waals surface area contributed by atoms with Crippen LogP contribution in [0.4, 0.5) is 0 Å². The Morgan fingerprint density at radius 3 is 1.43 bits per heavy atom. The Bertz CT molecular complexity index is 1150. The van der Waals surface area contributed by atoms with E-state index in [0.29, 0.717) is 17.8 Å². The Morgan fingerprint density at radius 1 is 0.773 bits per heavy atom. The maximum absolute atomic E-state index is 9.93. The van der Waals surface area contributed by atoms with Crippen molar-refractivity contribution < 1.29 is 13.6 Å². The van der Waals surface area contributed by atoms with Crippen molar-refractivity contribution in [3.63, 3.8) is 0 Å². The predicted octanol–water partition coefficient (Wildman–Crippen LogP) is -5.37. The van der Waals surface area contributed by atoms with Gasteiger partial charge in [0.15, 0.2) is 12.0 Å². The van der Waals surface area contributed by atoms with Crippen LogP contribution in [0.3, 0.4) is 0 Å². The highest BCUT2D eigenvalue weighted by atomic mass is 16.3. The van der Waals surface area contributed by atoms with Crippen molar-refractivity contribution >= 4 is 185 Å². The Hall–Kier alpha value is -1.49. The van der Waals surface area contributed by atoms with Crippen LogP contribution >= 0.6 is 0 Å². The van der Waals surface area contributed by atoms with Crippen molar-refractivity contribution in [2.45, 2.75) is 13.8 Å². The van der Waals surface area contributed by atoms with E-state index in [0.717, 1.165) is 11.5 Å². The summed E-state index contributed by atoms with van der Waals surface area (Å²) in [6, 6.07) is 8.65. The molecule has 0 aromatic carbocycles. The van der Waals surface area contributed by atoms with Gasteiger partial charge in [-0.2, -0.15) is 0 Å². The number of carbonyl (C=O) groups excluding carboxylic acids is 1. The van der Waals surface area contributed by atoms with Crippen LogP contribution in [0.25, 0.3) is 10.9 Å². The summed E-state index contributed by atoms with van der Waals surface area (Å²) in [5, 5.41) is 8.42. The molecule has 0 aliphatic carbocycles. The van der Waals surface area contributed by atoms with E-state index in [1.807, 2.05) is 0 Å². The minimum Gasteiger partial charge on any atom is -0.463 e. The Labute approximate surface area is 286 Å². The van der Waals surface area contributed by atoms with E-state index < -0.39 is 51.1 Å². The van der Waals surface area contributed by atoms with Gasteiger partial charge < -0.3 is 8.83 Å². The fourth-order valence-electron chi connectivity index (χ4n) is 3.45. The maximum atomic E-state index is 9.93.